The molecule has 15 heavy (non-hydrogen) atoms. The second kappa shape index (κ2) is 4.12. The Balaban J connectivity index is 1.86. The predicted octanol–water partition coefficient (Wildman–Crippen LogP) is 1.79. The summed E-state index contributed by atoms with van der Waals surface area (Å²) in [5.74, 6) is -0.0467. The van der Waals surface area contributed by atoms with Crippen molar-refractivity contribution in [2.75, 3.05) is 6.61 Å². The van der Waals surface area contributed by atoms with E-state index in [-0.39, 0.29) is 12.5 Å². The van der Waals surface area contributed by atoms with Gasteiger partial charge in [-0.05, 0) is 25.0 Å². The Morgan fingerprint density at radius 2 is 2.33 bits per heavy atom. The molecule has 82 valence electrons. The highest BCUT2D eigenvalue weighted by Crippen LogP contribution is 2.45. The molecule has 0 aliphatic heterocycles. The highest BCUT2D eigenvalue weighted by molar-refractivity contribution is 7.16. The van der Waals surface area contributed by atoms with Gasteiger partial charge in [0, 0.05) is 4.88 Å². The average molecular weight is 246 g/mol. The summed E-state index contributed by atoms with van der Waals surface area (Å²) in [5, 5.41) is 11.9. The molecular weight excluding hydrogens is 234 g/mol. The van der Waals surface area contributed by atoms with E-state index < -0.39 is 5.41 Å². The van der Waals surface area contributed by atoms with E-state index in [0.717, 1.165) is 22.1 Å². The highest BCUT2D eigenvalue weighted by atomic mass is 35.5. The van der Waals surface area contributed by atoms with Gasteiger partial charge >= 0.3 is 0 Å². The molecule has 0 radical (unpaired) electrons. The Labute approximate surface area is 97.1 Å². The Morgan fingerprint density at radius 1 is 1.60 bits per heavy atom. The quantitative estimate of drug-likeness (QED) is 0.850. The van der Waals surface area contributed by atoms with Gasteiger partial charge in [0.1, 0.15) is 0 Å². The molecule has 1 heterocycles. The van der Waals surface area contributed by atoms with E-state index in [0.29, 0.717) is 6.54 Å². The van der Waals surface area contributed by atoms with Gasteiger partial charge in [0.25, 0.3) is 0 Å². The van der Waals surface area contributed by atoms with Crippen LogP contribution in [0.15, 0.2) is 12.1 Å². The first-order valence-electron chi connectivity index (χ1n) is 4.80. The number of aliphatic hydroxyl groups is 1. The summed E-state index contributed by atoms with van der Waals surface area (Å²) in [4.78, 5) is 12.7. The van der Waals surface area contributed by atoms with Crippen molar-refractivity contribution in [2.45, 2.75) is 19.4 Å². The Morgan fingerprint density at radius 3 is 2.80 bits per heavy atom. The van der Waals surface area contributed by atoms with Gasteiger partial charge in [-0.2, -0.15) is 0 Å². The van der Waals surface area contributed by atoms with Crippen molar-refractivity contribution in [3.05, 3.63) is 21.3 Å². The van der Waals surface area contributed by atoms with Gasteiger partial charge in [-0.3, -0.25) is 4.79 Å². The minimum Gasteiger partial charge on any atom is -0.395 e. The molecule has 1 aliphatic rings. The van der Waals surface area contributed by atoms with Crippen molar-refractivity contribution in [3.63, 3.8) is 0 Å². The lowest BCUT2D eigenvalue weighted by Gasteiger charge is -2.11. The SMILES string of the molecule is O=C(NCc1ccc(Cl)s1)C1(CO)CC1. The van der Waals surface area contributed by atoms with Gasteiger partial charge in [-0.25, -0.2) is 0 Å². The molecule has 3 nitrogen and oxygen atoms in total. The molecule has 2 rings (SSSR count). The van der Waals surface area contributed by atoms with Crippen LogP contribution in [0.25, 0.3) is 0 Å². The molecule has 1 aromatic rings. The number of carbonyl (C=O) groups excluding carboxylic acids is 1. The summed E-state index contributed by atoms with van der Waals surface area (Å²) < 4.78 is 0.725. The third kappa shape index (κ3) is 2.33. The van der Waals surface area contributed by atoms with E-state index in [1.54, 1.807) is 0 Å². The zero-order chi connectivity index (χ0) is 10.9. The molecule has 2 N–H and O–H groups in total. The molecule has 0 bridgehead atoms. The zero-order valence-corrected chi connectivity index (χ0v) is 9.70. The van der Waals surface area contributed by atoms with Crippen molar-refractivity contribution in [2.24, 2.45) is 5.41 Å². The normalized spacial score (nSPS) is 17.5. The van der Waals surface area contributed by atoms with E-state index in [1.807, 2.05) is 12.1 Å². The lowest BCUT2D eigenvalue weighted by molar-refractivity contribution is -0.127. The van der Waals surface area contributed by atoms with E-state index in [4.69, 9.17) is 16.7 Å². The maximum atomic E-state index is 11.6. The van der Waals surface area contributed by atoms with Crippen LogP contribution in [0, 0.1) is 5.41 Å². The van der Waals surface area contributed by atoms with E-state index in [1.165, 1.54) is 11.3 Å². The van der Waals surface area contributed by atoms with E-state index >= 15 is 0 Å². The number of carbonyl (C=O) groups is 1. The van der Waals surface area contributed by atoms with Crippen molar-refractivity contribution in [1.29, 1.82) is 0 Å². The van der Waals surface area contributed by atoms with Gasteiger partial charge in [0.15, 0.2) is 0 Å². The van der Waals surface area contributed by atoms with Crippen LogP contribution >= 0.6 is 22.9 Å². The molecule has 0 saturated heterocycles. The van der Waals surface area contributed by atoms with Crippen LogP contribution in [0.1, 0.15) is 17.7 Å². The van der Waals surface area contributed by atoms with E-state index in [9.17, 15) is 4.79 Å². The van der Waals surface area contributed by atoms with Gasteiger partial charge < -0.3 is 10.4 Å². The minimum absolute atomic E-state index is 0.0467. The molecule has 1 fully saturated rings. The standard InChI is InChI=1S/C10H12ClNO2S/c11-8-2-1-7(15-8)5-12-9(14)10(6-13)3-4-10/h1-2,13H,3-6H2,(H,12,14). The number of halogens is 1. The van der Waals surface area contributed by atoms with Crippen molar-refractivity contribution < 1.29 is 9.90 Å². The fraction of sp³-hybridized carbons (Fsp3) is 0.500. The Hall–Kier alpha value is -0.580. The van der Waals surface area contributed by atoms with Crippen molar-refractivity contribution in [1.82, 2.24) is 5.32 Å². The van der Waals surface area contributed by atoms with Crippen LogP contribution in [0.5, 0.6) is 0 Å². The van der Waals surface area contributed by atoms with Gasteiger partial charge in [-0.1, -0.05) is 11.6 Å². The first kappa shape index (κ1) is 10.9. The highest BCUT2D eigenvalue weighted by Gasteiger charge is 2.49. The third-order valence-corrected chi connectivity index (χ3v) is 3.92. The van der Waals surface area contributed by atoms with E-state index in [2.05, 4.69) is 5.32 Å². The number of nitrogens with one attached hydrogen (secondary N) is 1. The molecule has 0 spiro atoms. The lowest BCUT2D eigenvalue weighted by Crippen LogP contribution is -2.33. The molecule has 1 aliphatic carbocycles. The van der Waals surface area contributed by atoms with Gasteiger partial charge in [0.05, 0.1) is 22.9 Å². The second-order valence-electron chi connectivity index (χ2n) is 3.83. The molecule has 0 unspecified atom stereocenters. The number of hydrogen-bond acceptors (Lipinski definition) is 3. The maximum absolute atomic E-state index is 11.6. The summed E-state index contributed by atoms with van der Waals surface area (Å²) in [6.45, 7) is 0.446. The maximum Gasteiger partial charge on any atom is 0.228 e. The molecule has 1 aromatic heterocycles. The van der Waals surface area contributed by atoms with Crippen LogP contribution < -0.4 is 5.32 Å². The second-order valence-corrected chi connectivity index (χ2v) is 5.63. The van der Waals surface area contributed by atoms with Crippen LogP contribution in [-0.4, -0.2) is 17.6 Å². The van der Waals surface area contributed by atoms with Crippen molar-refractivity contribution in [3.8, 4) is 0 Å². The molecule has 1 saturated carbocycles. The van der Waals surface area contributed by atoms with Crippen molar-refractivity contribution >= 4 is 28.8 Å². The number of aliphatic hydroxyl groups excluding tert-OH is 1. The molecule has 1 amide bonds. The average Bonchev–Trinajstić information content (AvgIpc) is 2.93. The van der Waals surface area contributed by atoms with Gasteiger partial charge in [-0.15, -0.1) is 11.3 Å². The van der Waals surface area contributed by atoms with Crippen LogP contribution in [0.2, 0.25) is 4.34 Å². The largest absolute Gasteiger partial charge is 0.395 e. The summed E-state index contributed by atoms with van der Waals surface area (Å²) in [7, 11) is 0. The molecule has 0 atom stereocenters. The zero-order valence-electron chi connectivity index (χ0n) is 8.12. The minimum atomic E-state index is -0.485. The van der Waals surface area contributed by atoms with Crippen LogP contribution in [0.4, 0.5) is 0 Å². The third-order valence-electron chi connectivity index (χ3n) is 2.69. The predicted molar refractivity (Wildman–Crippen MR) is 59.9 cm³/mol. The summed E-state index contributed by atoms with van der Waals surface area (Å²) in [6, 6.07) is 3.71. The fourth-order valence-corrected chi connectivity index (χ4v) is 2.44. The first-order chi connectivity index (χ1) is 7.16. The summed E-state index contributed by atoms with van der Waals surface area (Å²) in [5.41, 5.74) is -0.485. The van der Waals surface area contributed by atoms with Crippen LogP contribution in [0.3, 0.4) is 0 Å². The Kier molecular flexibility index (Phi) is 3.00. The first-order valence-corrected chi connectivity index (χ1v) is 5.99. The van der Waals surface area contributed by atoms with Gasteiger partial charge in [0.2, 0.25) is 5.91 Å². The van der Waals surface area contributed by atoms with Crippen LogP contribution in [-0.2, 0) is 11.3 Å². The number of thiophene rings is 1. The molecule has 5 heteroatoms. The molecular formula is C10H12ClNO2S. The Bertz CT molecular complexity index is 373. The number of amides is 1. The number of hydrogen-bond donors (Lipinski definition) is 2. The molecule has 0 aromatic carbocycles. The lowest BCUT2D eigenvalue weighted by atomic mass is 10.1. The topological polar surface area (TPSA) is 49.3 Å². The fourth-order valence-electron chi connectivity index (χ4n) is 1.41. The smallest absolute Gasteiger partial charge is 0.228 e. The number of rotatable bonds is 4. The summed E-state index contributed by atoms with van der Waals surface area (Å²) >= 11 is 7.23. The monoisotopic (exact) mass is 245 g/mol. The summed E-state index contributed by atoms with van der Waals surface area (Å²) in [6.07, 6.45) is 1.58.